The first-order valence-electron chi connectivity index (χ1n) is 5.77. The standard InChI is InChI=1S/C14H14N2O2/c1-3-18-14(17)12-7-6-10(2)16-13(12)11-5-4-8-15-9-11/h4-9H,3H2,1-2H3. The van der Waals surface area contributed by atoms with Gasteiger partial charge in [-0.15, -0.1) is 0 Å². The average Bonchev–Trinajstić information content (AvgIpc) is 2.40. The summed E-state index contributed by atoms with van der Waals surface area (Å²) in [6.45, 7) is 4.01. The second kappa shape index (κ2) is 5.40. The second-order valence-corrected chi connectivity index (χ2v) is 3.81. The van der Waals surface area contributed by atoms with E-state index in [9.17, 15) is 4.79 Å². The Morgan fingerprint density at radius 3 is 2.83 bits per heavy atom. The lowest BCUT2D eigenvalue weighted by molar-refractivity contribution is 0.0527. The van der Waals surface area contributed by atoms with Crippen LogP contribution in [0.2, 0.25) is 0 Å². The average molecular weight is 242 g/mol. The number of pyridine rings is 2. The van der Waals surface area contributed by atoms with Crippen molar-refractivity contribution in [3.63, 3.8) is 0 Å². The van der Waals surface area contributed by atoms with Gasteiger partial charge in [-0.05, 0) is 38.1 Å². The minimum Gasteiger partial charge on any atom is -0.462 e. The molecule has 0 amide bonds. The second-order valence-electron chi connectivity index (χ2n) is 3.81. The van der Waals surface area contributed by atoms with Crippen molar-refractivity contribution < 1.29 is 9.53 Å². The molecule has 0 aromatic carbocycles. The number of nitrogens with zero attached hydrogens (tertiary/aromatic N) is 2. The molecule has 18 heavy (non-hydrogen) atoms. The van der Waals surface area contributed by atoms with Gasteiger partial charge in [-0.25, -0.2) is 4.79 Å². The number of ether oxygens (including phenoxy) is 1. The van der Waals surface area contributed by atoms with Gasteiger partial charge < -0.3 is 4.74 Å². The summed E-state index contributed by atoms with van der Waals surface area (Å²) in [5.74, 6) is -0.358. The summed E-state index contributed by atoms with van der Waals surface area (Å²) in [6, 6.07) is 7.22. The van der Waals surface area contributed by atoms with Crippen molar-refractivity contribution in [1.82, 2.24) is 9.97 Å². The third kappa shape index (κ3) is 2.53. The third-order valence-electron chi connectivity index (χ3n) is 2.46. The molecule has 4 nitrogen and oxygen atoms in total. The molecule has 0 aliphatic carbocycles. The lowest BCUT2D eigenvalue weighted by atomic mass is 10.1. The molecule has 0 N–H and O–H groups in total. The number of aryl methyl sites for hydroxylation is 1. The molecule has 0 saturated carbocycles. The van der Waals surface area contributed by atoms with Crippen molar-refractivity contribution in [3.05, 3.63) is 47.9 Å². The van der Waals surface area contributed by atoms with Crippen LogP contribution in [0.1, 0.15) is 23.0 Å². The molecule has 2 aromatic heterocycles. The fourth-order valence-corrected chi connectivity index (χ4v) is 1.65. The van der Waals surface area contributed by atoms with Crippen LogP contribution in [0.3, 0.4) is 0 Å². The van der Waals surface area contributed by atoms with Crippen molar-refractivity contribution in [1.29, 1.82) is 0 Å². The maximum absolute atomic E-state index is 11.9. The van der Waals surface area contributed by atoms with Crippen molar-refractivity contribution in [2.75, 3.05) is 6.61 Å². The number of hydrogen-bond donors (Lipinski definition) is 0. The number of rotatable bonds is 3. The molecular formula is C14H14N2O2. The fourth-order valence-electron chi connectivity index (χ4n) is 1.65. The smallest absolute Gasteiger partial charge is 0.340 e. The quantitative estimate of drug-likeness (QED) is 0.776. The number of carbonyl (C=O) groups excluding carboxylic acids is 1. The Morgan fingerprint density at radius 2 is 2.17 bits per heavy atom. The molecule has 0 fully saturated rings. The number of carbonyl (C=O) groups is 1. The zero-order valence-electron chi connectivity index (χ0n) is 10.4. The van der Waals surface area contributed by atoms with Crippen LogP contribution < -0.4 is 0 Å². The van der Waals surface area contributed by atoms with E-state index >= 15 is 0 Å². The van der Waals surface area contributed by atoms with E-state index in [0.29, 0.717) is 17.9 Å². The van der Waals surface area contributed by atoms with E-state index in [0.717, 1.165) is 11.3 Å². The summed E-state index contributed by atoms with van der Waals surface area (Å²) in [4.78, 5) is 20.3. The Labute approximate surface area is 106 Å². The van der Waals surface area contributed by atoms with Crippen LogP contribution >= 0.6 is 0 Å². The summed E-state index contributed by atoms with van der Waals surface area (Å²) in [6.07, 6.45) is 3.37. The highest BCUT2D eigenvalue weighted by Gasteiger charge is 2.15. The van der Waals surface area contributed by atoms with Crippen molar-refractivity contribution in [2.45, 2.75) is 13.8 Å². The van der Waals surface area contributed by atoms with Gasteiger partial charge in [0.1, 0.15) is 0 Å². The predicted octanol–water partition coefficient (Wildman–Crippen LogP) is 2.63. The molecule has 4 heteroatoms. The maximum atomic E-state index is 11.9. The predicted molar refractivity (Wildman–Crippen MR) is 68.2 cm³/mol. The van der Waals surface area contributed by atoms with Crippen molar-refractivity contribution in [2.24, 2.45) is 0 Å². The fraction of sp³-hybridized carbons (Fsp3) is 0.214. The van der Waals surface area contributed by atoms with Gasteiger partial charge in [0.05, 0.1) is 17.9 Å². The van der Waals surface area contributed by atoms with E-state index in [-0.39, 0.29) is 5.97 Å². The van der Waals surface area contributed by atoms with Gasteiger partial charge in [0.15, 0.2) is 0 Å². The van der Waals surface area contributed by atoms with Gasteiger partial charge in [-0.3, -0.25) is 9.97 Å². The minimum atomic E-state index is -0.358. The van der Waals surface area contributed by atoms with Crippen molar-refractivity contribution >= 4 is 5.97 Å². The highest BCUT2D eigenvalue weighted by atomic mass is 16.5. The van der Waals surface area contributed by atoms with Crippen LogP contribution in [-0.4, -0.2) is 22.5 Å². The van der Waals surface area contributed by atoms with E-state index in [1.165, 1.54) is 0 Å². The van der Waals surface area contributed by atoms with Gasteiger partial charge in [0.25, 0.3) is 0 Å². The van der Waals surface area contributed by atoms with Crippen molar-refractivity contribution in [3.8, 4) is 11.3 Å². The molecule has 2 rings (SSSR count). The SMILES string of the molecule is CCOC(=O)c1ccc(C)nc1-c1cccnc1. The lowest BCUT2D eigenvalue weighted by Gasteiger charge is -2.08. The van der Waals surface area contributed by atoms with Crippen LogP contribution in [0.4, 0.5) is 0 Å². The Hall–Kier alpha value is -2.23. The normalized spacial score (nSPS) is 10.1. The highest BCUT2D eigenvalue weighted by Crippen LogP contribution is 2.21. The molecule has 92 valence electrons. The Kier molecular flexibility index (Phi) is 3.67. The van der Waals surface area contributed by atoms with Crippen LogP contribution in [0.25, 0.3) is 11.3 Å². The first kappa shape index (κ1) is 12.2. The molecule has 0 atom stereocenters. The van der Waals surface area contributed by atoms with E-state index in [2.05, 4.69) is 9.97 Å². The molecular weight excluding hydrogens is 228 g/mol. The number of esters is 1. The summed E-state index contributed by atoms with van der Waals surface area (Å²) >= 11 is 0. The molecule has 0 radical (unpaired) electrons. The van der Waals surface area contributed by atoms with E-state index in [1.54, 1.807) is 31.5 Å². The molecule has 2 heterocycles. The molecule has 2 aromatic rings. The molecule has 0 aliphatic heterocycles. The van der Waals surface area contributed by atoms with Crippen LogP contribution in [0, 0.1) is 6.92 Å². The van der Waals surface area contributed by atoms with E-state index < -0.39 is 0 Å². The monoisotopic (exact) mass is 242 g/mol. The lowest BCUT2D eigenvalue weighted by Crippen LogP contribution is -2.08. The minimum absolute atomic E-state index is 0.346. The molecule has 0 saturated heterocycles. The van der Waals surface area contributed by atoms with Gasteiger partial charge in [0, 0.05) is 23.7 Å². The first-order valence-corrected chi connectivity index (χ1v) is 5.77. The molecule has 0 bridgehead atoms. The van der Waals surface area contributed by atoms with Crippen LogP contribution in [0.15, 0.2) is 36.7 Å². The van der Waals surface area contributed by atoms with Gasteiger partial charge in [-0.2, -0.15) is 0 Å². The van der Waals surface area contributed by atoms with E-state index in [4.69, 9.17) is 4.74 Å². The maximum Gasteiger partial charge on any atom is 0.340 e. The topological polar surface area (TPSA) is 52.1 Å². The highest BCUT2D eigenvalue weighted by molar-refractivity contribution is 5.96. The number of hydrogen-bond acceptors (Lipinski definition) is 4. The van der Waals surface area contributed by atoms with E-state index in [1.807, 2.05) is 19.1 Å². The summed E-state index contributed by atoms with van der Waals surface area (Å²) in [5, 5.41) is 0. The van der Waals surface area contributed by atoms with Gasteiger partial charge in [-0.1, -0.05) is 0 Å². The van der Waals surface area contributed by atoms with Crippen LogP contribution in [-0.2, 0) is 4.74 Å². The Bertz CT molecular complexity index is 553. The summed E-state index contributed by atoms with van der Waals surface area (Å²) < 4.78 is 5.03. The Morgan fingerprint density at radius 1 is 1.33 bits per heavy atom. The molecule has 0 aliphatic rings. The van der Waals surface area contributed by atoms with Crippen LogP contribution in [0.5, 0.6) is 0 Å². The number of aromatic nitrogens is 2. The van der Waals surface area contributed by atoms with Gasteiger partial charge in [0.2, 0.25) is 0 Å². The summed E-state index contributed by atoms with van der Waals surface area (Å²) in [7, 11) is 0. The third-order valence-corrected chi connectivity index (χ3v) is 2.46. The zero-order chi connectivity index (χ0) is 13.0. The van der Waals surface area contributed by atoms with Gasteiger partial charge >= 0.3 is 5.97 Å². The first-order chi connectivity index (χ1) is 8.72. The summed E-state index contributed by atoms with van der Waals surface area (Å²) in [5.41, 5.74) is 2.74. The molecule has 0 spiro atoms. The largest absolute Gasteiger partial charge is 0.462 e. The molecule has 0 unspecified atom stereocenters. The Balaban J connectivity index is 2.51. The zero-order valence-corrected chi connectivity index (χ0v) is 10.4.